The fourth-order valence-electron chi connectivity index (χ4n) is 2.95. The van der Waals surface area contributed by atoms with E-state index in [2.05, 4.69) is 0 Å². The summed E-state index contributed by atoms with van der Waals surface area (Å²) < 4.78 is 14.0. The molecule has 1 N–H and O–H groups in total. The van der Waals surface area contributed by atoms with Crippen molar-refractivity contribution in [3.05, 3.63) is 34.6 Å². The molecule has 1 saturated carbocycles. The Morgan fingerprint density at radius 3 is 2.44 bits per heavy atom. The van der Waals surface area contributed by atoms with Crippen molar-refractivity contribution in [2.24, 2.45) is 5.92 Å². The number of aliphatic hydroxyl groups excluding tert-OH is 1. The fourth-order valence-corrected chi connectivity index (χ4v) is 2.95. The summed E-state index contributed by atoms with van der Waals surface area (Å²) >= 11 is 0. The largest absolute Gasteiger partial charge is 0.393 e. The van der Waals surface area contributed by atoms with Crippen LogP contribution >= 0.6 is 0 Å². The first-order valence-corrected chi connectivity index (χ1v) is 5.95. The van der Waals surface area contributed by atoms with Gasteiger partial charge >= 0.3 is 0 Å². The Morgan fingerprint density at radius 2 is 1.94 bits per heavy atom. The van der Waals surface area contributed by atoms with E-state index in [1.165, 1.54) is 0 Å². The van der Waals surface area contributed by atoms with E-state index < -0.39 is 0 Å². The fraction of sp³-hybridized carbons (Fsp3) is 0.571. The number of benzene rings is 1. The molecule has 1 nitrogen and oxygen atoms in total. The van der Waals surface area contributed by atoms with Gasteiger partial charge < -0.3 is 5.11 Å². The van der Waals surface area contributed by atoms with Crippen molar-refractivity contribution in [2.45, 2.75) is 45.6 Å². The van der Waals surface area contributed by atoms with E-state index in [1.54, 1.807) is 6.07 Å². The molecule has 0 aliphatic heterocycles. The zero-order valence-corrected chi connectivity index (χ0v) is 10.1. The molecule has 0 bridgehead atoms. The molecule has 1 aromatic carbocycles. The lowest BCUT2D eigenvalue weighted by atomic mass is 9.86. The summed E-state index contributed by atoms with van der Waals surface area (Å²) in [5.74, 6) is 0.231. The van der Waals surface area contributed by atoms with Crippen LogP contribution in [0.5, 0.6) is 0 Å². The number of aliphatic hydroxyl groups is 1. The molecule has 3 atom stereocenters. The molecule has 0 saturated heterocycles. The Labute approximate surface area is 96.3 Å². The maximum Gasteiger partial charge on any atom is 0.127 e. The van der Waals surface area contributed by atoms with Crippen molar-refractivity contribution in [2.75, 3.05) is 0 Å². The Morgan fingerprint density at radius 1 is 1.25 bits per heavy atom. The van der Waals surface area contributed by atoms with Crippen LogP contribution in [-0.4, -0.2) is 11.2 Å². The average molecular weight is 222 g/mol. The van der Waals surface area contributed by atoms with Crippen molar-refractivity contribution in [3.63, 3.8) is 0 Å². The van der Waals surface area contributed by atoms with E-state index in [0.29, 0.717) is 0 Å². The number of hydrogen-bond acceptors (Lipinski definition) is 1. The van der Waals surface area contributed by atoms with Crippen molar-refractivity contribution < 1.29 is 9.50 Å². The van der Waals surface area contributed by atoms with Gasteiger partial charge in [-0.2, -0.15) is 0 Å². The van der Waals surface area contributed by atoms with Crippen LogP contribution in [0, 0.1) is 25.6 Å². The summed E-state index contributed by atoms with van der Waals surface area (Å²) in [6.07, 6.45) is 1.41. The quantitative estimate of drug-likeness (QED) is 0.772. The predicted molar refractivity (Wildman–Crippen MR) is 63.0 cm³/mol. The summed E-state index contributed by atoms with van der Waals surface area (Å²) in [4.78, 5) is 0. The second-order valence-electron chi connectivity index (χ2n) is 5.09. The molecule has 88 valence electrons. The third kappa shape index (κ3) is 1.86. The molecule has 3 unspecified atom stereocenters. The number of aryl methyl sites for hydroxylation is 2. The van der Waals surface area contributed by atoms with E-state index in [4.69, 9.17) is 0 Å². The minimum atomic E-state index is -0.273. The summed E-state index contributed by atoms with van der Waals surface area (Å²) in [5.41, 5.74) is 2.79. The van der Waals surface area contributed by atoms with Gasteiger partial charge in [0.2, 0.25) is 0 Å². The van der Waals surface area contributed by atoms with Gasteiger partial charge in [-0.1, -0.05) is 13.0 Å². The molecule has 0 heterocycles. The molecular formula is C14H19FO. The van der Waals surface area contributed by atoms with Gasteiger partial charge in [0.15, 0.2) is 0 Å². The summed E-state index contributed by atoms with van der Waals surface area (Å²) in [5, 5.41) is 9.74. The zero-order valence-electron chi connectivity index (χ0n) is 10.1. The van der Waals surface area contributed by atoms with Gasteiger partial charge in [0.1, 0.15) is 5.82 Å². The first kappa shape index (κ1) is 11.6. The molecule has 0 radical (unpaired) electrons. The zero-order chi connectivity index (χ0) is 11.9. The molecule has 0 spiro atoms. The van der Waals surface area contributed by atoms with Crippen LogP contribution < -0.4 is 0 Å². The van der Waals surface area contributed by atoms with Crippen LogP contribution in [-0.2, 0) is 0 Å². The second-order valence-corrected chi connectivity index (χ2v) is 5.09. The topological polar surface area (TPSA) is 20.2 Å². The van der Waals surface area contributed by atoms with E-state index in [-0.39, 0.29) is 23.8 Å². The van der Waals surface area contributed by atoms with Gasteiger partial charge in [0, 0.05) is 0 Å². The highest BCUT2D eigenvalue weighted by molar-refractivity contribution is 5.35. The first-order chi connectivity index (χ1) is 7.50. The minimum absolute atomic E-state index is 0.108. The van der Waals surface area contributed by atoms with Gasteiger partial charge in [0.25, 0.3) is 0 Å². The maximum atomic E-state index is 14.0. The van der Waals surface area contributed by atoms with Crippen LogP contribution in [0.4, 0.5) is 4.39 Å². The van der Waals surface area contributed by atoms with E-state index in [1.807, 2.05) is 26.8 Å². The van der Waals surface area contributed by atoms with Crippen LogP contribution in [0.15, 0.2) is 12.1 Å². The Balaban J connectivity index is 2.41. The third-order valence-electron chi connectivity index (χ3n) is 3.87. The van der Waals surface area contributed by atoms with Crippen LogP contribution in [0.25, 0.3) is 0 Å². The van der Waals surface area contributed by atoms with E-state index in [0.717, 1.165) is 29.5 Å². The molecular weight excluding hydrogens is 203 g/mol. The average Bonchev–Trinajstić information content (AvgIpc) is 2.48. The van der Waals surface area contributed by atoms with Gasteiger partial charge in [-0.25, -0.2) is 4.39 Å². The lowest BCUT2D eigenvalue weighted by Gasteiger charge is -2.21. The van der Waals surface area contributed by atoms with Gasteiger partial charge in [-0.3, -0.25) is 0 Å². The Hall–Kier alpha value is -0.890. The van der Waals surface area contributed by atoms with Crippen molar-refractivity contribution in [1.29, 1.82) is 0 Å². The van der Waals surface area contributed by atoms with E-state index in [9.17, 15) is 9.50 Å². The Bertz CT molecular complexity index is 377. The molecule has 2 rings (SSSR count). The summed E-state index contributed by atoms with van der Waals surface area (Å²) in [6, 6.07) is 3.62. The maximum absolute atomic E-state index is 14.0. The molecule has 1 aliphatic rings. The number of rotatable bonds is 1. The standard InChI is InChI=1S/C14H19FO/c1-8-6-9(2)14(12(15)7-8)11-4-5-13(16)10(11)3/h6-7,10-11,13,16H,4-5H2,1-3H3. The van der Waals surface area contributed by atoms with Crippen LogP contribution in [0.2, 0.25) is 0 Å². The van der Waals surface area contributed by atoms with Gasteiger partial charge in [0.05, 0.1) is 6.10 Å². The smallest absolute Gasteiger partial charge is 0.127 e. The molecule has 2 heteroatoms. The lowest BCUT2D eigenvalue weighted by Crippen LogP contribution is -2.15. The molecule has 1 fully saturated rings. The highest BCUT2D eigenvalue weighted by Crippen LogP contribution is 2.41. The number of halogens is 1. The minimum Gasteiger partial charge on any atom is -0.393 e. The van der Waals surface area contributed by atoms with Crippen molar-refractivity contribution in [1.82, 2.24) is 0 Å². The van der Waals surface area contributed by atoms with Crippen LogP contribution in [0.3, 0.4) is 0 Å². The van der Waals surface area contributed by atoms with Crippen LogP contribution in [0.1, 0.15) is 42.4 Å². The predicted octanol–water partition coefficient (Wildman–Crippen LogP) is 3.32. The third-order valence-corrected chi connectivity index (χ3v) is 3.87. The summed E-state index contributed by atoms with van der Waals surface area (Å²) in [6.45, 7) is 5.89. The first-order valence-electron chi connectivity index (χ1n) is 5.95. The van der Waals surface area contributed by atoms with Gasteiger partial charge in [-0.05, 0) is 61.3 Å². The monoisotopic (exact) mass is 222 g/mol. The Kier molecular flexibility index (Phi) is 3.02. The van der Waals surface area contributed by atoms with E-state index >= 15 is 0 Å². The summed E-state index contributed by atoms with van der Waals surface area (Å²) in [7, 11) is 0. The molecule has 1 aromatic rings. The number of hydrogen-bond donors (Lipinski definition) is 1. The highest BCUT2D eigenvalue weighted by Gasteiger charge is 2.34. The molecule has 0 amide bonds. The SMILES string of the molecule is Cc1cc(C)c(C2CCC(O)C2C)c(F)c1. The second kappa shape index (κ2) is 4.17. The van der Waals surface area contributed by atoms with Crippen molar-refractivity contribution in [3.8, 4) is 0 Å². The van der Waals surface area contributed by atoms with Crippen molar-refractivity contribution >= 4 is 0 Å². The molecule has 1 aliphatic carbocycles. The molecule has 16 heavy (non-hydrogen) atoms. The highest BCUT2D eigenvalue weighted by atomic mass is 19.1. The lowest BCUT2D eigenvalue weighted by molar-refractivity contribution is 0.136. The molecule has 0 aromatic heterocycles. The normalized spacial score (nSPS) is 29.7. The van der Waals surface area contributed by atoms with Gasteiger partial charge in [-0.15, -0.1) is 0 Å².